The lowest BCUT2D eigenvalue weighted by molar-refractivity contribution is -0.109. The van der Waals surface area contributed by atoms with E-state index in [2.05, 4.69) is 5.32 Å². The number of benzene rings is 1. The van der Waals surface area contributed by atoms with Gasteiger partial charge in [0.25, 0.3) is 0 Å². The van der Waals surface area contributed by atoms with E-state index in [-0.39, 0.29) is 6.04 Å². The first-order chi connectivity index (χ1) is 5.81. The molecule has 1 N–H and O–H groups in total. The molecule has 0 bridgehead atoms. The van der Waals surface area contributed by atoms with E-state index < -0.39 is 0 Å². The number of hydrogen-bond donors (Lipinski definition) is 1. The van der Waals surface area contributed by atoms with Crippen LogP contribution in [0.25, 0.3) is 0 Å². The molecule has 3 heteroatoms. The summed E-state index contributed by atoms with van der Waals surface area (Å²) < 4.78 is 0. The summed E-state index contributed by atoms with van der Waals surface area (Å²) in [6, 6.07) is 5.46. The van der Waals surface area contributed by atoms with Crippen molar-refractivity contribution in [2.24, 2.45) is 0 Å². The van der Waals surface area contributed by atoms with Crippen LogP contribution >= 0.6 is 11.6 Å². The van der Waals surface area contributed by atoms with Gasteiger partial charge in [0.15, 0.2) is 0 Å². The average molecular weight is 182 g/mol. The van der Waals surface area contributed by atoms with E-state index in [1.165, 1.54) is 0 Å². The third-order valence-corrected chi connectivity index (χ3v) is 2.32. The Kier molecular flexibility index (Phi) is 1.87. The van der Waals surface area contributed by atoms with Crippen LogP contribution in [-0.4, -0.2) is 6.29 Å². The molecule has 1 atom stereocenters. The fourth-order valence-corrected chi connectivity index (χ4v) is 1.68. The Morgan fingerprint density at radius 3 is 3.17 bits per heavy atom. The molecule has 1 aliphatic heterocycles. The number of carbonyl (C=O) groups excluding carboxylic acids is 1. The minimum absolute atomic E-state index is 0.141. The predicted octanol–water partition coefficient (Wildman–Crippen LogP) is 1.68. The van der Waals surface area contributed by atoms with Gasteiger partial charge in [-0.25, -0.2) is 0 Å². The molecular formula is C9H8ClNO. The van der Waals surface area contributed by atoms with E-state index in [9.17, 15) is 4.79 Å². The van der Waals surface area contributed by atoms with Crippen molar-refractivity contribution >= 4 is 17.9 Å². The molecule has 0 saturated carbocycles. The summed E-state index contributed by atoms with van der Waals surface area (Å²) in [6.07, 6.45) is 0.916. The second-order valence-electron chi connectivity index (χ2n) is 2.84. The zero-order chi connectivity index (χ0) is 8.55. The fraction of sp³-hybridized carbons (Fsp3) is 0.222. The quantitative estimate of drug-likeness (QED) is 0.668. The number of nitrogens with one attached hydrogen (secondary N) is 1. The first kappa shape index (κ1) is 7.77. The van der Waals surface area contributed by atoms with Crippen LogP contribution in [0, 0.1) is 0 Å². The van der Waals surface area contributed by atoms with Gasteiger partial charge in [-0.05, 0) is 23.3 Å². The molecule has 0 amide bonds. The van der Waals surface area contributed by atoms with Crippen molar-refractivity contribution in [1.29, 1.82) is 0 Å². The third-order valence-electron chi connectivity index (χ3n) is 2.09. The van der Waals surface area contributed by atoms with Crippen molar-refractivity contribution in [3.63, 3.8) is 0 Å². The summed E-state index contributed by atoms with van der Waals surface area (Å²) in [5, 5.41) is 3.80. The Bertz CT molecular complexity index is 324. The van der Waals surface area contributed by atoms with Crippen molar-refractivity contribution in [2.45, 2.75) is 12.6 Å². The van der Waals surface area contributed by atoms with Crippen LogP contribution < -0.4 is 5.32 Å². The van der Waals surface area contributed by atoms with Crippen LogP contribution in [-0.2, 0) is 11.3 Å². The molecule has 0 radical (unpaired) electrons. The molecular weight excluding hydrogens is 174 g/mol. The third kappa shape index (κ3) is 1.13. The summed E-state index contributed by atoms with van der Waals surface area (Å²) >= 11 is 5.80. The monoisotopic (exact) mass is 181 g/mol. The van der Waals surface area contributed by atoms with Gasteiger partial charge in [0.2, 0.25) is 0 Å². The summed E-state index contributed by atoms with van der Waals surface area (Å²) in [5.41, 5.74) is 2.18. The summed E-state index contributed by atoms with van der Waals surface area (Å²) in [4.78, 5) is 10.6. The molecule has 1 unspecified atom stereocenters. The summed E-state index contributed by atoms with van der Waals surface area (Å²) in [5.74, 6) is 0. The van der Waals surface area contributed by atoms with Crippen molar-refractivity contribution in [2.75, 3.05) is 0 Å². The molecule has 1 aliphatic rings. The molecule has 0 aromatic heterocycles. The molecule has 2 rings (SSSR count). The van der Waals surface area contributed by atoms with Gasteiger partial charge >= 0.3 is 0 Å². The van der Waals surface area contributed by atoms with Crippen LogP contribution in [0.1, 0.15) is 17.2 Å². The van der Waals surface area contributed by atoms with E-state index in [1.54, 1.807) is 0 Å². The van der Waals surface area contributed by atoms with Crippen LogP contribution in [0.15, 0.2) is 18.2 Å². The molecule has 1 aromatic carbocycles. The SMILES string of the molecule is O=CC1NCc2cc(Cl)ccc21. The molecule has 0 aliphatic carbocycles. The van der Waals surface area contributed by atoms with Crippen molar-refractivity contribution in [3.05, 3.63) is 34.3 Å². The molecule has 1 heterocycles. The minimum atomic E-state index is -0.141. The molecule has 0 spiro atoms. The van der Waals surface area contributed by atoms with Crippen LogP contribution in [0.2, 0.25) is 5.02 Å². The highest BCUT2D eigenvalue weighted by Gasteiger charge is 2.20. The van der Waals surface area contributed by atoms with Crippen LogP contribution in [0.5, 0.6) is 0 Å². The lowest BCUT2D eigenvalue weighted by Gasteiger charge is -2.01. The zero-order valence-electron chi connectivity index (χ0n) is 6.38. The van der Waals surface area contributed by atoms with E-state index in [1.807, 2.05) is 18.2 Å². The Morgan fingerprint density at radius 1 is 1.58 bits per heavy atom. The van der Waals surface area contributed by atoms with Gasteiger partial charge in [0, 0.05) is 11.6 Å². The summed E-state index contributed by atoms with van der Waals surface area (Å²) in [6.45, 7) is 0.735. The normalized spacial score (nSPS) is 20.6. The maximum atomic E-state index is 10.6. The Morgan fingerprint density at radius 2 is 2.42 bits per heavy atom. The smallest absolute Gasteiger partial charge is 0.141 e. The molecule has 2 nitrogen and oxygen atoms in total. The van der Waals surface area contributed by atoms with Gasteiger partial charge in [-0.3, -0.25) is 5.32 Å². The fourth-order valence-electron chi connectivity index (χ4n) is 1.48. The number of fused-ring (bicyclic) bond motifs is 1. The average Bonchev–Trinajstić information content (AvgIpc) is 2.46. The van der Waals surface area contributed by atoms with Gasteiger partial charge in [0.05, 0.1) is 6.04 Å². The first-order valence-electron chi connectivity index (χ1n) is 3.78. The Labute approximate surface area is 75.5 Å². The maximum Gasteiger partial charge on any atom is 0.141 e. The summed E-state index contributed by atoms with van der Waals surface area (Å²) in [7, 11) is 0. The molecule has 62 valence electrons. The first-order valence-corrected chi connectivity index (χ1v) is 4.16. The van der Waals surface area contributed by atoms with Crippen LogP contribution in [0.3, 0.4) is 0 Å². The van der Waals surface area contributed by atoms with Crippen LogP contribution in [0.4, 0.5) is 0 Å². The Hall–Kier alpha value is -0.860. The van der Waals surface area contributed by atoms with Gasteiger partial charge in [-0.15, -0.1) is 0 Å². The van der Waals surface area contributed by atoms with Crippen molar-refractivity contribution in [3.8, 4) is 0 Å². The maximum absolute atomic E-state index is 10.6. The van der Waals surface area contributed by atoms with Gasteiger partial charge in [0.1, 0.15) is 6.29 Å². The lowest BCUT2D eigenvalue weighted by atomic mass is 10.1. The second kappa shape index (κ2) is 2.88. The largest absolute Gasteiger partial charge is 0.301 e. The number of halogens is 1. The standard InChI is InChI=1S/C9H8ClNO/c10-7-1-2-8-6(3-7)4-11-9(8)5-12/h1-3,5,9,11H,4H2. The van der Waals surface area contributed by atoms with Crippen molar-refractivity contribution in [1.82, 2.24) is 5.32 Å². The molecule has 0 saturated heterocycles. The second-order valence-corrected chi connectivity index (χ2v) is 3.27. The van der Waals surface area contributed by atoms with E-state index in [0.717, 1.165) is 29.0 Å². The van der Waals surface area contributed by atoms with Crippen molar-refractivity contribution < 1.29 is 4.79 Å². The number of carbonyl (C=O) groups is 1. The molecule has 12 heavy (non-hydrogen) atoms. The highest BCUT2D eigenvalue weighted by molar-refractivity contribution is 6.30. The van der Waals surface area contributed by atoms with E-state index in [0.29, 0.717) is 0 Å². The van der Waals surface area contributed by atoms with Gasteiger partial charge in [-0.2, -0.15) is 0 Å². The minimum Gasteiger partial charge on any atom is -0.301 e. The topological polar surface area (TPSA) is 29.1 Å². The van der Waals surface area contributed by atoms with E-state index >= 15 is 0 Å². The molecule has 1 aromatic rings. The lowest BCUT2D eigenvalue weighted by Crippen LogP contribution is -2.12. The number of rotatable bonds is 1. The zero-order valence-corrected chi connectivity index (χ0v) is 7.14. The van der Waals surface area contributed by atoms with Gasteiger partial charge in [-0.1, -0.05) is 17.7 Å². The number of aldehydes is 1. The Balaban J connectivity index is 2.47. The number of hydrogen-bond acceptors (Lipinski definition) is 2. The van der Waals surface area contributed by atoms with E-state index in [4.69, 9.17) is 11.6 Å². The highest BCUT2D eigenvalue weighted by atomic mass is 35.5. The highest BCUT2D eigenvalue weighted by Crippen LogP contribution is 2.26. The predicted molar refractivity (Wildman–Crippen MR) is 47.1 cm³/mol. The van der Waals surface area contributed by atoms with Gasteiger partial charge < -0.3 is 4.79 Å². The molecule has 0 fully saturated rings.